The van der Waals surface area contributed by atoms with Gasteiger partial charge in [0.15, 0.2) is 0 Å². The maximum absolute atomic E-state index is 11.7. The molecule has 1 atom stereocenters. The van der Waals surface area contributed by atoms with Crippen molar-refractivity contribution in [3.8, 4) is 0 Å². The Bertz CT molecular complexity index is 336. The molecule has 7 heteroatoms. The van der Waals surface area contributed by atoms with Gasteiger partial charge < -0.3 is 10.8 Å². The number of carboxylic acids is 1. The standard InChI is InChI=1S/C11H21N3O4/c1-7(9(17)13-10(12)18)14(11(2,3)4)6-5-8(15)16/h7H,5-6H2,1-4H3,(H,15,16)(H3,12,13,17,18). The van der Waals surface area contributed by atoms with Crippen molar-refractivity contribution in [2.24, 2.45) is 5.73 Å². The molecule has 0 spiro atoms. The highest BCUT2D eigenvalue weighted by molar-refractivity contribution is 5.96. The zero-order chi connectivity index (χ0) is 14.5. The Morgan fingerprint density at radius 3 is 2.17 bits per heavy atom. The van der Waals surface area contributed by atoms with E-state index in [4.69, 9.17) is 10.8 Å². The quantitative estimate of drug-likeness (QED) is 0.650. The Morgan fingerprint density at radius 1 is 1.33 bits per heavy atom. The van der Waals surface area contributed by atoms with Gasteiger partial charge in [-0.2, -0.15) is 0 Å². The van der Waals surface area contributed by atoms with Crippen LogP contribution < -0.4 is 11.1 Å². The van der Waals surface area contributed by atoms with E-state index < -0.39 is 29.5 Å². The monoisotopic (exact) mass is 259 g/mol. The highest BCUT2D eigenvalue weighted by atomic mass is 16.4. The van der Waals surface area contributed by atoms with Crippen LogP contribution in [0.3, 0.4) is 0 Å². The van der Waals surface area contributed by atoms with Crippen LogP contribution in [-0.4, -0.2) is 46.0 Å². The number of hydrogen-bond acceptors (Lipinski definition) is 4. The molecule has 18 heavy (non-hydrogen) atoms. The summed E-state index contributed by atoms with van der Waals surface area (Å²) < 4.78 is 0. The van der Waals surface area contributed by atoms with Gasteiger partial charge in [0, 0.05) is 12.1 Å². The van der Waals surface area contributed by atoms with E-state index in [9.17, 15) is 14.4 Å². The van der Waals surface area contributed by atoms with Crippen molar-refractivity contribution >= 4 is 17.9 Å². The first-order chi connectivity index (χ1) is 8.05. The Morgan fingerprint density at radius 2 is 1.83 bits per heavy atom. The number of carboxylic acid groups (broad SMARTS) is 1. The fourth-order valence-electron chi connectivity index (χ4n) is 1.69. The second-order valence-corrected chi connectivity index (χ2v) is 5.04. The fraction of sp³-hybridized carbons (Fsp3) is 0.727. The number of nitrogens with two attached hydrogens (primary N) is 1. The number of aliphatic carboxylic acids is 1. The topological polar surface area (TPSA) is 113 Å². The average Bonchev–Trinajstić information content (AvgIpc) is 2.13. The highest BCUT2D eigenvalue weighted by Gasteiger charge is 2.31. The second kappa shape index (κ2) is 6.34. The molecule has 1 unspecified atom stereocenters. The molecule has 0 bridgehead atoms. The van der Waals surface area contributed by atoms with Crippen LogP contribution in [0, 0.1) is 0 Å². The van der Waals surface area contributed by atoms with E-state index in [1.807, 2.05) is 26.1 Å². The van der Waals surface area contributed by atoms with Gasteiger partial charge in [-0.1, -0.05) is 0 Å². The average molecular weight is 259 g/mol. The summed E-state index contributed by atoms with van der Waals surface area (Å²) in [7, 11) is 0. The van der Waals surface area contributed by atoms with Gasteiger partial charge in [-0.05, 0) is 27.7 Å². The Kier molecular flexibility index (Phi) is 5.77. The summed E-state index contributed by atoms with van der Waals surface area (Å²) in [5.74, 6) is -1.48. The lowest BCUT2D eigenvalue weighted by molar-refractivity contribution is -0.139. The van der Waals surface area contributed by atoms with Crippen molar-refractivity contribution < 1.29 is 19.5 Å². The molecule has 0 heterocycles. The minimum Gasteiger partial charge on any atom is -0.481 e. The molecule has 0 aliphatic rings. The molecular weight excluding hydrogens is 238 g/mol. The maximum atomic E-state index is 11.7. The van der Waals surface area contributed by atoms with Crippen LogP contribution in [-0.2, 0) is 9.59 Å². The number of carbonyl (C=O) groups is 3. The van der Waals surface area contributed by atoms with Gasteiger partial charge in [0.1, 0.15) is 0 Å². The summed E-state index contributed by atoms with van der Waals surface area (Å²) in [6, 6.07) is -1.56. The van der Waals surface area contributed by atoms with Gasteiger partial charge in [-0.25, -0.2) is 4.79 Å². The van der Waals surface area contributed by atoms with E-state index in [-0.39, 0.29) is 13.0 Å². The molecule has 0 aliphatic heterocycles. The molecule has 4 N–H and O–H groups in total. The van der Waals surface area contributed by atoms with Crippen molar-refractivity contribution in [2.75, 3.05) is 6.54 Å². The largest absolute Gasteiger partial charge is 0.481 e. The van der Waals surface area contributed by atoms with Gasteiger partial charge in [0.25, 0.3) is 0 Å². The van der Waals surface area contributed by atoms with Crippen LogP contribution in [0.4, 0.5) is 4.79 Å². The van der Waals surface area contributed by atoms with Gasteiger partial charge >= 0.3 is 12.0 Å². The third-order valence-corrected chi connectivity index (χ3v) is 2.52. The number of hydrogen-bond donors (Lipinski definition) is 3. The number of primary amides is 1. The number of imide groups is 1. The van der Waals surface area contributed by atoms with Crippen LogP contribution in [0.2, 0.25) is 0 Å². The predicted molar refractivity (Wildman–Crippen MR) is 65.9 cm³/mol. The summed E-state index contributed by atoms with van der Waals surface area (Å²) in [4.78, 5) is 34.6. The Labute approximate surface area is 106 Å². The molecule has 3 amide bonds. The molecule has 0 aromatic heterocycles. The lowest BCUT2D eigenvalue weighted by Gasteiger charge is -2.39. The summed E-state index contributed by atoms with van der Waals surface area (Å²) in [6.07, 6.45) is -0.0779. The normalized spacial score (nSPS) is 13.2. The number of carbonyl (C=O) groups excluding carboxylic acids is 2. The van der Waals surface area contributed by atoms with Gasteiger partial charge in [0.05, 0.1) is 12.5 Å². The molecular formula is C11H21N3O4. The molecule has 0 rings (SSSR count). The third kappa shape index (κ3) is 5.62. The summed E-state index contributed by atoms with van der Waals surface area (Å²) in [5.41, 5.74) is 4.48. The van der Waals surface area contributed by atoms with E-state index in [1.54, 1.807) is 11.8 Å². The molecule has 0 aromatic carbocycles. The molecule has 0 radical (unpaired) electrons. The van der Waals surface area contributed by atoms with E-state index in [1.165, 1.54) is 0 Å². The first-order valence-electron chi connectivity index (χ1n) is 5.64. The zero-order valence-corrected chi connectivity index (χ0v) is 11.2. The number of amides is 3. The van der Waals surface area contributed by atoms with Crippen molar-refractivity contribution in [1.82, 2.24) is 10.2 Å². The summed E-state index contributed by atoms with van der Waals surface area (Å²) in [5, 5.41) is 10.7. The third-order valence-electron chi connectivity index (χ3n) is 2.52. The van der Waals surface area contributed by atoms with Gasteiger partial charge in [0.2, 0.25) is 5.91 Å². The molecule has 0 aromatic rings. The van der Waals surface area contributed by atoms with Crippen molar-refractivity contribution in [3.05, 3.63) is 0 Å². The highest BCUT2D eigenvalue weighted by Crippen LogP contribution is 2.17. The van der Waals surface area contributed by atoms with Crippen molar-refractivity contribution in [1.29, 1.82) is 0 Å². The number of nitrogens with one attached hydrogen (secondary N) is 1. The maximum Gasteiger partial charge on any atom is 0.318 e. The number of urea groups is 1. The minimum atomic E-state index is -0.938. The molecule has 7 nitrogen and oxygen atoms in total. The SMILES string of the molecule is CC(C(=O)NC(N)=O)N(CCC(=O)O)C(C)(C)C. The Balaban J connectivity index is 4.79. The molecule has 104 valence electrons. The smallest absolute Gasteiger partial charge is 0.318 e. The first-order valence-corrected chi connectivity index (χ1v) is 5.64. The lowest BCUT2D eigenvalue weighted by atomic mass is 10.0. The Hall–Kier alpha value is -1.63. The zero-order valence-electron chi connectivity index (χ0n) is 11.2. The van der Waals surface area contributed by atoms with Crippen LogP contribution >= 0.6 is 0 Å². The van der Waals surface area contributed by atoms with Crippen molar-refractivity contribution in [3.63, 3.8) is 0 Å². The number of rotatable bonds is 5. The minimum absolute atomic E-state index is 0.0779. The van der Waals surface area contributed by atoms with E-state index in [0.717, 1.165) is 0 Å². The number of nitrogens with zero attached hydrogens (tertiary/aromatic N) is 1. The fourth-order valence-corrected chi connectivity index (χ4v) is 1.69. The molecule has 0 fully saturated rings. The first kappa shape index (κ1) is 16.4. The van der Waals surface area contributed by atoms with Gasteiger partial charge in [-0.15, -0.1) is 0 Å². The van der Waals surface area contributed by atoms with E-state index in [2.05, 4.69) is 0 Å². The molecule has 0 saturated carbocycles. The van der Waals surface area contributed by atoms with E-state index >= 15 is 0 Å². The van der Waals surface area contributed by atoms with Crippen LogP contribution in [0.25, 0.3) is 0 Å². The van der Waals surface area contributed by atoms with Crippen LogP contribution in [0.15, 0.2) is 0 Å². The van der Waals surface area contributed by atoms with E-state index in [0.29, 0.717) is 0 Å². The summed E-state index contributed by atoms with van der Waals surface area (Å²) >= 11 is 0. The predicted octanol–water partition coefficient (Wildman–Crippen LogP) is 0.145. The van der Waals surface area contributed by atoms with Crippen LogP contribution in [0.1, 0.15) is 34.1 Å². The molecule has 0 aliphatic carbocycles. The lowest BCUT2D eigenvalue weighted by Crippen LogP contribution is -2.55. The molecule has 0 saturated heterocycles. The summed E-state index contributed by atoms with van der Waals surface area (Å²) in [6.45, 7) is 7.41. The van der Waals surface area contributed by atoms with Crippen LogP contribution in [0.5, 0.6) is 0 Å². The van der Waals surface area contributed by atoms with Crippen molar-refractivity contribution in [2.45, 2.75) is 45.7 Å². The second-order valence-electron chi connectivity index (χ2n) is 5.04. The van der Waals surface area contributed by atoms with Gasteiger partial charge in [-0.3, -0.25) is 19.8 Å².